The van der Waals surface area contributed by atoms with Crippen LogP contribution >= 0.6 is 0 Å². The summed E-state index contributed by atoms with van der Waals surface area (Å²) in [5, 5.41) is 34.1. The third-order valence-corrected chi connectivity index (χ3v) is 7.28. The molecule has 2 aliphatic rings. The lowest BCUT2D eigenvalue weighted by atomic mass is 9.79. The number of likely N-dealkylation sites (N-methyl/N-ethyl adjacent to an activating group) is 1. The van der Waals surface area contributed by atoms with Crippen LogP contribution in [-0.2, 0) is 33.4 Å². The quantitative estimate of drug-likeness (QED) is 0.172. The molecule has 2 unspecified atom stereocenters. The molecule has 2 aliphatic carbocycles. The van der Waals surface area contributed by atoms with Gasteiger partial charge < -0.3 is 46.3 Å². The van der Waals surface area contributed by atoms with E-state index in [4.69, 9.17) is 41.4 Å². The maximum Gasteiger partial charge on any atom is 0.323 e. The molecule has 0 aromatic heterocycles. The lowest BCUT2D eigenvalue weighted by Gasteiger charge is -2.31. The van der Waals surface area contributed by atoms with Crippen molar-refractivity contribution in [2.24, 2.45) is 35.1 Å². The van der Waals surface area contributed by atoms with E-state index in [1.54, 1.807) is 41.5 Å². The lowest BCUT2D eigenvalue weighted by molar-refractivity contribution is -0.159. The van der Waals surface area contributed by atoms with Gasteiger partial charge in [-0.2, -0.15) is 0 Å². The number of rotatable bonds is 7. The fraction of sp³-hybridized carbons (Fsp3) is 0.833. The Hall–Kier alpha value is -2.81. The number of nitrogens with zero attached hydrogens (tertiary/aromatic N) is 1. The first-order valence-corrected chi connectivity index (χ1v) is 15.0. The van der Waals surface area contributed by atoms with Crippen LogP contribution in [0.15, 0.2) is 0 Å². The van der Waals surface area contributed by atoms with Crippen molar-refractivity contribution in [3.05, 3.63) is 0 Å². The van der Waals surface area contributed by atoms with Gasteiger partial charge >= 0.3 is 23.9 Å². The Morgan fingerprint density at radius 3 is 1.07 bits per heavy atom. The fourth-order valence-corrected chi connectivity index (χ4v) is 4.81. The highest BCUT2D eigenvalue weighted by molar-refractivity contribution is 5.78. The van der Waals surface area contributed by atoms with Crippen LogP contribution in [0.2, 0.25) is 0 Å². The molecule has 0 aliphatic heterocycles. The number of aliphatic carboxylic acids is 2. The lowest BCUT2D eigenvalue weighted by Crippen LogP contribution is -2.44. The van der Waals surface area contributed by atoms with E-state index in [0.29, 0.717) is 51.4 Å². The first kappa shape index (κ1) is 41.2. The summed E-state index contributed by atoms with van der Waals surface area (Å²) < 4.78 is 10.5. The van der Waals surface area contributed by atoms with E-state index >= 15 is 0 Å². The van der Waals surface area contributed by atoms with Crippen LogP contribution in [0.25, 0.3) is 0 Å². The summed E-state index contributed by atoms with van der Waals surface area (Å²) in [5.41, 5.74) is 10.7. The average molecular weight is 634 g/mol. The van der Waals surface area contributed by atoms with Gasteiger partial charge in [-0.05, 0) is 105 Å². The minimum absolute atomic E-state index is 0.0375. The number of ether oxygens (including phenoxy) is 2. The summed E-state index contributed by atoms with van der Waals surface area (Å²) in [6.45, 7) is 10.8. The monoisotopic (exact) mass is 633 g/mol. The second-order valence-electron chi connectivity index (χ2n) is 13.6. The van der Waals surface area contributed by atoms with Crippen molar-refractivity contribution in [3.8, 4) is 0 Å². The molecule has 0 radical (unpaired) electrons. The van der Waals surface area contributed by atoms with Gasteiger partial charge in [-0.25, -0.2) is 0 Å². The SMILES string of the molecule is CC(C)(C)OC(=O)C(N)C1CCC(C(=O)O)CC1.CC(C)(C)OC(=O)C(N)C1CCC(C(=O)O)CC1.CN(C)C(=O)C(O)O. The second kappa shape index (κ2) is 18.2. The number of amides is 1. The van der Waals surface area contributed by atoms with E-state index in [-0.39, 0.29) is 35.6 Å². The molecule has 0 aromatic rings. The van der Waals surface area contributed by atoms with Gasteiger partial charge in [-0.15, -0.1) is 0 Å². The van der Waals surface area contributed by atoms with Crippen molar-refractivity contribution in [2.75, 3.05) is 14.1 Å². The van der Waals surface area contributed by atoms with Crippen LogP contribution in [0.5, 0.6) is 0 Å². The molecule has 8 N–H and O–H groups in total. The molecule has 0 saturated heterocycles. The van der Waals surface area contributed by atoms with Crippen molar-refractivity contribution in [3.63, 3.8) is 0 Å². The third-order valence-electron chi connectivity index (χ3n) is 7.28. The van der Waals surface area contributed by atoms with Crippen molar-refractivity contribution < 1.29 is 53.9 Å². The van der Waals surface area contributed by atoms with Crippen molar-refractivity contribution in [1.29, 1.82) is 0 Å². The number of aliphatic hydroxyl groups excluding tert-OH is 1. The van der Waals surface area contributed by atoms with Gasteiger partial charge in [0.1, 0.15) is 23.3 Å². The largest absolute Gasteiger partial charge is 0.481 e. The summed E-state index contributed by atoms with van der Waals surface area (Å²) in [6, 6.07) is -1.28. The number of carbonyl (C=O) groups is 5. The summed E-state index contributed by atoms with van der Waals surface area (Å²) in [5.74, 6) is -3.48. The standard InChI is InChI=1S/2C13H23NO4.C4H9NO3/c2*1-13(2,3)18-12(17)10(14)8-4-6-9(7-5-8)11(15)16;1-5(2)3(6)4(7)8/h2*8-10H,4-7,14H2,1-3H3,(H,15,16);4,7-8H,1-2H3. The number of carbonyl (C=O) groups excluding carboxylic acids is 3. The maximum absolute atomic E-state index is 11.8. The molecule has 0 bridgehead atoms. The maximum atomic E-state index is 11.8. The highest BCUT2D eigenvalue weighted by Gasteiger charge is 2.35. The molecular formula is C30H55N3O11. The smallest absolute Gasteiger partial charge is 0.323 e. The van der Waals surface area contributed by atoms with Crippen molar-refractivity contribution >= 4 is 29.8 Å². The highest BCUT2D eigenvalue weighted by Crippen LogP contribution is 2.32. The van der Waals surface area contributed by atoms with E-state index < -0.39 is 47.4 Å². The molecule has 2 fully saturated rings. The van der Waals surface area contributed by atoms with Gasteiger partial charge in [0, 0.05) is 14.1 Å². The van der Waals surface area contributed by atoms with E-state index in [2.05, 4.69) is 0 Å². The Morgan fingerprint density at radius 2 is 0.909 bits per heavy atom. The predicted molar refractivity (Wildman–Crippen MR) is 161 cm³/mol. The first-order chi connectivity index (χ1) is 20.0. The van der Waals surface area contributed by atoms with Gasteiger partial charge in [0.15, 0.2) is 0 Å². The minimum atomic E-state index is -1.87. The molecule has 0 heterocycles. The van der Waals surface area contributed by atoms with Crippen LogP contribution in [0.1, 0.15) is 92.9 Å². The molecule has 44 heavy (non-hydrogen) atoms. The second-order valence-corrected chi connectivity index (χ2v) is 13.6. The number of carboxylic acids is 2. The molecular weight excluding hydrogens is 578 g/mol. The Morgan fingerprint density at radius 1 is 0.636 bits per heavy atom. The van der Waals surface area contributed by atoms with E-state index in [9.17, 15) is 24.0 Å². The van der Waals surface area contributed by atoms with Crippen molar-refractivity contribution in [1.82, 2.24) is 4.90 Å². The summed E-state index contributed by atoms with van der Waals surface area (Å²) in [6.07, 6.45) is 3.22. The van der Waals surface area contributed by atoms with Gasteiger partial charge in [0.25, 0.3) is 5.91 Å². The topological polar surface area (TPSA) is 240 Å². The molecule has 2 atom stereocenters. The fourth-order valence-electron chi connectivity index (χ4n) is 4.81. The number of nitrogens with two attached hydrogens (primary N) is 2. The normalized spacial score (nSPS) is 23.4. The van der Waals surface area contributed by atoms with Crippen LogP contribution in [0.3, 0.4) is 0 Å². The van der Waals surface area contributed by atoms with Crippen LogP contribution < -0.4 is 11.5 Å². The van der Waals surface area contributed by atoms with Gasteiger partial charge in [0.2, 0.25) is 6.29 Å². The van der Waals surface area contributed by atoms with Gasteiger partial charge in [0.05, 0.1) is 11.8 Å². The summed E-state index contributed by atoms with van der Waals surface area (Å²) in [7, 11) is 2.89. The number of hydrogen-bond donors (Lipinski definition) is 6. The Balaban J connectivity index is 0.000000679. The Kier molecular flexibility index (Phi) is 17.1. The van der Waals surface area contributed by atoms with E-state index in [1.165, 1.54) is 14.1 Å². The van der Waals surface area contributed by atoms with E-state index in [1.807, 2.05) is 0 Å². The van der Waals surface area contributed by atoms with Gasteiger partial charge in [-0.3, -0.25) is 24.0 Å². The Labute approximate surface area is 260 Å². The Bertz CT molecular complexity index is 867. The molecule has 0 spiro atoms. The summed E-state index contributed by atoms with van der Waals surface area (Å²) >= 11 is 0. The molecule has 0 aromatic carbocycles. The van der Waals surface area contributed by atoms with Crippen molar-refractivity contribution in [2.45, 2.75) is 122 Å². The third kappa shape index (κ3) is 16.3. The van der Waals surface area contributed by atoms with Crippen LogP contribution in [0.4, 0.5) is 0 Å². The van der Waals surface area contributed by atoms with Crippen LogP contribution in [0, 0.1) is 23.7 Å². The first-order valence-electron chi connectivity index (χ1n) is 15.0. The van der Waals surface area contributed by atoms with Crippen LogP contribution in [-0.4, -0.2) is 98.8 Å². The number of esters is 2. The molecule has 2 rings (SSSR count). The number of carboxylic acid groups (broad SMARTS) is 2. The zero-order valence-corrected chi connectivity index (χ0v) is 27.4. The zero-order chi connectivity index (χ0) is 34.6. The molecule has 14 nitrogen and oxygen atoms in total. The van der Waals surface area contributed by atoms with E-state index in [0.717, 1.165) is 4.90 Å². The molecule has 256 valence electrons. The summed E-state index contributed by atoms with van der Waals surface area (Å²) in [4.78, 5) is 56.6. The number of aliphatic hydroxyl groups is 2. The molecule has 14 heteroatoms. The predicted octanol–water partition coefficient (Wildman–Crippen LogP) is 1.48. The zero-order valence-electron chi connectivity index (χ0n) is 27.4. The van der Waals surface area contributed by atoms with Gasteiger partial charge in [-0.1, -0.05) is 0 Å². The molecule has 2 saturated carbocycles. The highest BCUT2D eigenvalue weighted by atomic mass is 16.6. The average Bonchev–Trinajstić information content (AvgIpc) is 2.90. The molecule has 1 amide bonds. The minimum Gasteiger partial charge on any atom is -0.481 e. The number of hydrogen-bond acceptors (Lipinski definition) is 11.